The third kappa shape index (κ3) is 3.62. The summed E-state index contributed by atoms with van der Waals surface area (Å²) in [5, 5.41) is 0. The van der Waals surface area contributed by atoms with Crippen LogP contribution >= 0.6 is 0 Å². The van der Waals surface area contributed by atoms with E-state index >= 15 is 0 Å². The zero-order valence-electron chi connectivity index (χ0n) is 8.67. The number of rotatable bonds is 4. The maximum Gasteiger partial charge on any atom is 0.573 e. The molecule has 2 N–H and O–H groups in total. The lowest BCUT2D eigenvalue weighted by Crippen LogP contribution is -2.18. The van der Waals surface area contributed by atoms with Crippen molar-refractivity contribution in [3.8, 4) is 11.5 Å². The number of benzene rings is 1. The van der Waals surface area contributed by atoms with Crippen molar-refractivity contribution in [2.75, 3.05) is 6.61 Å². The Kier molecular flexibility index (Phi) is 4.00. The second kappa shape index (κ2) is 5.07. The van der Waals surface area contributed by atoms with Crippen LogP contribution in [0.3, 0.4) is 0 Å². The molecule has 90 valence electrons. The molecule has 0 aliphatic carbocycles. The first kappa shape index (κ1) is 12.6. The van der Waals surface area contributed by atoms with Crippen molar-refractivity contribution in [2.45, 2.75) is 19.8 Å². The van der Waals surface area contributed by atoms with Crippen molar-refractivity contribution in [3.63, 3.8) is 0 Å². The van der Waals surface area contributed by atoms with E-state index in [4.69, 9.17) is 10.5 Å². The first-order valence-corrected chi connectivity index (χ1v) is 4.67. The minimum absolute atomic E-state index is 0.0493. The van der Waals surface area contributed by atoms with E-state index in [1.165, 1.54) is 18.2 Å². The highest BCUT2D eigenvalue weighted by atomic mass is 19.4. The Labute approximate surface area is 91.0 Å². The molecule has 0 fully saturated rings. The Bertz CT molecular complexity index is 352. The zero-order chi connectivity index (χ0) is 12.2. The molecule has 0 saturated carbocycles. The summed E-state index contributed by atoms with van der Waals surface area (Å²) >= 11 is 0. The predicted molar refractivity (Wildman–Crippen MR) is 52.2 cm³/mol. The van der Waals surface area contributed by atoms with Gasteiger partial charge < -0.3 is 15.2 Å². The molecule has 1 rings (SSSR count). The van der Waals surface area contributed by atoms with E-state index in [1.54, 1.807) is 6.92 Å². The fourth-order valence-corrected chi connectivity index (χ4v) is 1.20. The molecule has 16 heavy (non-hydrogen) atoms. The lowest BCUT2D eigenvalue weighted by Gasteiger charge is -2.13. The summed E-state index contributed by atoms with van der Waals surface area (Å²) in [6.45, 7) is 2.16. The Hall–Kier alpha value is -1.43. The van der Waals surface area contributed by atoms with Crippen LogP contribution in [0.2, 0.25) is 0 Å². The van der Waals surface area contributed by atoms with Gasteiger partial charge in [0.05, 0.1) is 6.61 Å². The minimum atomic E-state index is -4.71. The van der Waals surface area contributed by atoms with Gasteiger partial charge in [0, 0.05) is 12.1 Å². The van der Waals surface area contributed by atoms with Crippen molar-refractivity contribution >= 4 is 0 Å². The van der Waals surface area contributed by atoms with Crippen LogP contribution in [0.1, 0.15) is 12.5 Å². The molecule has 0 aromatic heterocycles. The molecule has 1 aromatic carbocycles. The van der Waals surface area contributed by atoms with Gasteiger partial charge in [0.2, 0.25) is 0 Å². The summed E-state index contributed by atoms with van der Waals surface area (Å²) in [7, 11) is 0. The summed E-state index contributed by atoms with van der Waals surface area (Å²) in [5.41, 5.74) is 5.58. The van der Waals surface area contributed by atoms with Gasteiger partial charge in [0.15, 0.2) is 0 Å². The molecule has 0 unspecified atom stereocenters. The predicted octanol–water partition coefficient (Wildman–Crippen LogP) is 2.44. The van der Waals surface area contributed by atoms with E-state index < -0.39 is 6.36 Å². The number of halogens is 3. The highest BCUT2D eigenvalue weighted by Crippen LogP contribution is 2.29. The van der Waals surface area contributed by atoms with Crippen LogP contribution in [0, 0.1) is 0 Å². The molecular weight excluding hydrogens is 223 g/mol. The maximum absolute atomic E-state index is 12.0. The van der Waals surface area contributed by atoms with E-state index in [0.29, 0.717) is 12.4 Å². The van der Waals surface area contributed by atoms with Crippen LogP contribution in [0.15, 0.2) is 18.2 Å². The molecular formula is C10H12F3NO2. The molecule has 0 heterocycles. The molecule has 0 amide bonds. The van der Waals surface area contributed by atoms with Gasteiger partial charge in [-0.2, -0.15) is 0 Å². The minimum Gasteiger partial charge on any atom is -0.494 e. The van der Waals surface area contributed by atoms with Gasteiger partial charge in [0.25, 0.3) is 0 Å². The van der Waals surface area contributed by atoms with Crippen molar-refractivity contribution in [1.29, 1.82) is 0 Å². The molecule has 0 bridgehead atoms. The van der Waals surface area contributed by atoms with Gasteiger partial charge in [-0.05, 0) is 25.1 Å². The van der Waals surface area contributed by atoms with E-state index in [9.17, 15) is 13.2 Å². The third-order valence-electron chi connectivity index (χ3n) is 1.79. The first-order valence-electron chi connectivity index (χ1n) is 4.67. The Balaban J connectivity index is 2.93. The largest absolute Gasteiger partial charge is 0.573 e. The summed E-state index contributed by atoms with van der Waals surface area (Å²) in [5.74, 6) is 0.177. The highest BCUT2D eigenvalue weighted by Gasteiger charge is 2.32. The SMILES string of the molecule is CCOc1ccc(OC(F)(F)F)c(CN)c1. The van der Waals surface area contributed by atoms with Gasteiger partial charge in [-0.25, -0.2) is 0 Å². The lowest BCUT2D eigenvalue weighted by molar-refractivity contribution is -0.274. The Morgan fingerprint density at radius 3 is 2.50 bits per heavy atom. The fourth-order valence-electron chi connectivity index (χ4n) is 1.20. The van der Waals surface area contributed by atoms with Crippen molar-refractivity contribution in [2.24, 2.45) is 5.73 Å². The van der Waals surface area contributed by atoms with E-state index in [-0.39, 0.29) is 17.9 Å². The molecule has 0 saturated heterocycles. The standard InChI is InChI=1S/C10H12F3NO2/c1-2-15-8-3-4-9(7(5-8)6-14)16-10(11,12)13/h3-5H,2,6,14H2,1H3. The van der Waals surface area contributed by atoms with Crippen molar-refractivity contribution in [3.05, 3.63) is 23.8 Å². The molecule has 0 radical (unpaired) electrons. The van der Waals surface area contributed by atoms with Gasteiger partial charge in [0.1, 0.15) is 11.5 Å². The van der Waals surface area contributed by atoms with Crippen LogP contribution in [-0.4, -0.2) is 13.0 Å². The molecule has 0 aliphatic heterocycles. The average Bonchev–Trinajstić information content (AvgIpc) is 2.18. The average molecular weight is 235 g/mol. The van der Waals surface area contributed by atoms with Crippen LogP contribution in [0.4, 0.5) is 13.2 Å². The van der Waals surface area contributed by atoms with Crippen molar-refractivity contribution in [1.82, 2.24) is 0 Å². The van der Waals surface area contributed by atoms with Gasteiger partial charge in [-0.15, -0.1) is 13.2 Å². The van der Waals surface area contributed by atoms with Gasteiger partial charge >= 0.3 is 6.36 Å². The zero-order valence-corrected chi connectivity index (χ0v) is 8.67. The molecule has 6 heteroatoms. The Morgan fingerprint density at radius 1 is 1.31 bits per heavy atom. The normalized spacial score (nSPS) is 11.3. The first-order chi connectivity index (χ1) is 7.46. The molecule has 1 aromatic rings. The lowest BCUT2D eigenvalue weighted by atomic mass is 10.2. The van der Waals surface area contributed by atoms with Crippen LogP contribution in [0.25, 0.3) is 0 Å². The highest BCUT2D eigenvalue weighted by molar-refractivity contribution is 5.40. The second-order valence-corrected chi connectivity index (χ2v) is 2.95. The third-order valence-corrected chi connectivity index (χ3v) is 1.79. The molecule has 0 spiro atoms. The number of hydrogen-bond acceptors (Lipinski definition) is 3. The number of alkyl halides is 3. The monoisotopic (exact) mass is 235 g/mol. The van der Waals surface area contributed by atoms with E-state index in [2.05, 4.69) is 4.74 Å². The van der Waals surface area contributed by atoms with Gasteiger partial charge in [-0.3, -0.25) is 0 Å². The Morgan fingerprint density at radius 2 is 2.00 bits per heavy atom. The number of hydrogen-bond donors (Lipinski definition) is 1. The number of ether oxygens (including phenoxy) is 2. The maximum atomic E-state index is 12.0. The van der Waals surface area contributed by atoms with Gasteiger partial charge in [-0.1, -0.05) is 0 Å². The van der Waals surface area contributed by atoms with Crippen molar-refractivity contribution < 1.29 is 22.6 Å². The molecule has 3 nitrogen and oxygen atoms in total. The summed E-state index contributed by atoms with van der Waals surface area (Å²) < 4.78 is 45.0. The topological polar surface area (TPSA) is 44.5 Å². The van der Waals surface area contributed by atoms with E-state index in [1.807, 2.05) is 0 Å². The summed E-state index contributed by atoms with van der Waals surface area (Å²) in [4.78, 5) is 0. The summed E-state index contributed by atoms with van der Waals surface area (Å²) in [6.07, 6.45) is -4.71. The summed E-state index contributed by atoms with van der Waals surface area (Å²) in [6, 6.07) is 4.04. The quantitative estimate of drug-likeness (QED) is 0.871. The fraction of sp³-hybridized carbons (Fsp3) is 0.400. The number of nitrogens with two attached hydrogens (primary N) is 1. The molecule has 0 aliphatic rings. The smallest absolute Gasteiger partial charge is 0.494 e. The molecule has 0 atom stereocenters. The van der Waals surface area contributed by atoms with Crippen LogP contribution < -0.4 is 15.2 Å². The van der Waals surface area contributed by atoms with Crippen LogP contribution in [-0.2, 0) is 6.54 Å². The van der Waals surface area contributed by atoms with Crippen LogP contribution in [0.5, 0.6) is 11.5 Å². The second-order valence-electron chi connectivity index (χ2n) is 2.95. The van der Waals surface area contributed by atoms with E-state index in [0.717, 1.165) is 0 Å².